The first-order chi connectivity index (χ1) is 11.5. The van der Waals surface area contributed by atoms with Crippen LogP contribution in [-0.2, 0) is 16.6 Å². The molecule has 0 radical (unpaired) electrons. The van der Waals surface area contributed by atoms with Crippen molar-refractivity contribution in [2.75, 3.05) is 31.5 Å². The van der Waals surface area contributed by atoms with Gasteiger partial charge < -0.3 is 10.2 Å². The Morgan fingerprint density at radius 2 is 1.92 bits per heavy atom. The summed E-state index contributed by atoms with van der Waals surface area (Å²) in [5.41, 5.74) is 0. The third kappa shape index (κ3) is 4.77. The molecule has 8 nitrogen and oxygen atoms in total. The van der Waals surface area contributed by atoms with Crippen LogP contribution >= 0.6 is 0 Å². The van der Waals surface area contributed by atoms with Gasteiger partial charge in [-0.15, -0.1) is 0 Å². The molecule has 0 unspecified atom stereocenters. The second-order valence-electron chi connectivity index (χ2n) is 6.06. The summed E-state index contributed by atoms with van der Waals surface area (Å²) in [6, 6.07) is 0. The first-order valence-corrected chi connectivity index (χ1v) is 8.74. The molecule has 0 atom stereocenters. The smallest absolute Gasteiger partial charge is 0.227 e. The minimum absolute atomic E-state index is 0.00325. The third-order valence-electron chi connectivity index (χ3n) is 4.42. The van der Waals surface area contributed by atoms with Crippen LogP contribution < -0.4 is 10.6 Å². The lowest BCUT2D eigenvalue weighted by Crippen LogP contribution is -2.31. The monoisotopic (exact) mass is 336 g/mol. The van der Waals surface area contributed by atoms with Crippen LogP contribution in [0.5, 0.6) is 0 Å². The van der Waals surface area contributed by atoms with E-state index < -0.39 is 0 Å². The molecule has 2 N–H and O–H groups in total. The highest BCUT2D eigenvalue weighted by Gasteiger charge is 2.21. The largest absolute Gasteiger partial charge is 0.343 e. The lowest BCUT2D eigenvalue weighted by Gasteiger charge is -2.19. The van der Waals surface area contributed by atoms with Crippen LogP contribution in [0.1, 0.15) is 51.3 Å². The van der Waals surface area contributed by atoms with Crippen molar-refractivity contribution in [3.05, 3.63) is 5.82 Å². The van der Waals surface area contributed by atoms with Crippen LogP contribution in [0.25, 0.3) is 0 Å². The van der Waals surface area contributed by atoms with E-state index in [0.29, 0.717) is 25.0 Å². The molecule has 1 saturated heterocycles. The van der Waals surface area contributed by atoms with E-state index in [1.54, 1.807) is 16.6 Å². The van der Waals surface area contributed by atoms with Crippen LogP contribution in [0.4, 0.5) is 5.95 Å². The first kappa shape index (κ1) is 18.4. The molecule has 134 valence electrons. The Balaban J connectivity index is 1.87. The van der Waals surface area contributed by atoms with Gasteiger partial charge in [0.25, 0.3) is 0 Å². The SMILES string of the molecule is CCN(CC)C(=O)CCC(=O)Nc1nc(C2CCNCC2)nn1C. The van der Waals surface area contributed by atoms with Crippen molar-refractivity contribution in [2.45, 2.75) is 45.4 Å². The van der Waals surface area contributed by atoms with Crippen molar-refractivity contribution in [1.82, 2.24) is 25.0 Å². The maximum absolute atomic E-state index is 12.1. The summed E-state index contributed by atoms with van der Waals surface area (Å²) in [7, 11) is 1.77. The second-order valence-corrected chi connectivity index (χ2v) is 6.06. The normalized spacial score (nSPS) is 15.3. The fraction of sp³-hybridized carbons (Fsp3) is 0.750. The van der Waals surface area contributed by atoms with E-state index in [1.165, 1.54) is 0 Å². The van der Waals surface area contributed by atoms with Crippen LogP contribution in [0.2, 0.25) is 0 Å². The Bertz CT molecular complexity index is 561. The highest BCUT2D eigenvalue weighted by molar-refractivity contribution is 5.91. The fourth-order valence-electron chi connectivity index (χ4n) is 2.91. The minimum atomic E-state index is -0.206. The van der Waals surface area contributed by atoms with E-state index in [0.717, 1.165) is 31.8 Å². The zero-order chi connectivity index (χ0) is 17.5. The molecule has 1 aromatic heterocycles. The maximum atomic E-state index is 12.1. The molecule has 0 spiro atoms. The van der Waals surface area contributed by atoms with E-state index in [2.05, 4.69) is 20.7 Å². The van der Waals surface area contributed by atoms with E-state index in [-0.39, 0.29) is 24.7 Å². The number of nitrogens with zero attached hydrogens (tertiary/aromatic N) is 4. The minimum Gasteiger partial charge on any atom is -0.343 e. The molecule has 1 aliphatic heterocycles. The van der Waals surface area contributed by atoms with E-state index in [4.69, 9.17) is 0 Å². The molecular formula is C16H28N6O2. The first-order valence-electron chi connectivity index (χ1n) is 8.74. The van der Waals surface area contributed by atoms with Crippen molar-refractivity contribution < 1.29 is 9.59 Å². The Hall–Kier alpha value is -1.96. The molecule has 2 amide bonds. The molecule has 0 saturated carbocycles. The Labute approximate surface area is 143 Å². The number of nitrogens with one attached hydrogen (secondary N) is 2. The van der Waals surface area contributed by atoms with Crippen LogP contribution in [0.3, 0.4) is 0 Å². The van der Waals surface area contributed by atoms with Crippen molar-refractivity contribution in [2.24, 2.45) is 7.05 Å². The summed E-state index contributed by atoms with van der Waals surface area (Å²) < 4.78 is 1.60. The fourth-order valence-corrected chi connectivity index (χ4v) is 2.91. The number of piperidine rings is 1. The highest BCUT2D eigenvalue weighted by atomic mass is 16.2. The quantitative estimate of drug-likeness (QED) is 0.771. The molecule has 1 aromatic rings. The molecule has 24 heavy (non-hydrogen) atoms. The lowest BCUT2D eigenvalue weighted by atomic mass is 9.98. The van der Waals surface area contributed by atoms with Crippen molar-refractivity contribution in [3.8, 4) is 0 Å². The molecule has 1 aliphatic rings. The van der Waals surface area contributed by atoms with Gasteiger partial charge in [-0.3, -0.25) is 14.9 Å². The zero-order valence-electron chi connectivity index (χ0n) is 14.8. The topological polar surface area (TPSA) is 92.2 Å². The van der Waals surface area contributed by atoms with Gasteiger partial charge in [-0.1, -0.05) is 0 Å². The van der Waals surface area contributed by atoms with Crippen LogP contribution in [0, 0.1) is 0 Å². The number of rotatable bonds is 7. The van der Waals surface area contributed by atoms with Gasteiger partial charge in [-0.25, -0.2) is 4.68 Å². The molecule has 0 aromatic carbocycles. The molecule has 2 heterocycles. The standard InChI is InChI=1S/C16H28N6O2/c1-4-22(5-2)14(24)7-6-13(23)18-16-19-15(20-21(16)3)12-8-10-17-11-9-12/h12,17H,4-11H2,1-3H3,(H,18,19,20,23). The number of carbonyl (C=O) groups excluding carboxylic acids is 2. The summed E-state index contributed by atoms with van der Waals surface area (Å²) >= 11 is 0. The van der Waals surface area contributed by atoms with Gasteiger partial charge in [0.2, 0.25) is 17.8 Å². The molecule has 0 bridgehead atoms. The number of carbonyl (C=O) groups is 2. The summed E-state index contributed by atoms with van der Waals surface area (Å²) in [5.74, 6) is 1.37. The maximum Gasteiger partial charge on any atom is 0.227 e. The van der Waals surface area contributed by atoms with Crippen molar-refractivity contribution in [1.29, 1.82) is 0 Å². The second kappa shape index (κ2) is 8.77. The van der Waals surface area contributed by atoms with E-state index in [9.17, 15) is 9.59 Å². The Morgan fingerprint density at radius 1 is 1.25 bits per heavy atom. The van der Waals surface area contributed by atoms with Crippen molar-refractivity contribution >= 4 is 17.8 Å². The lowest BCUT2D eigenvalue weighted by molar-refractivity contribution is -0.132. The van der Waals surface area contributed by atoms with E-state index in [1.807, 2.05) is 13.8 Å². The predicted octanol–water partition coefficient (Wildman–Crippen LogP) is 0.869. The summed E-state index contributed by atoms with van der Waals surface area (Å²) in [4.78, 5) is 30.2. The summed E-state index contributed by atoms with van der Waals surface area (Å²) in [6.07, 6.45) is 2.39. The summed E-state index contributed by atoms with van der Waals surface area (Å²) in [6.45, 7) is 7.14. The zero-order valence-corrected chi connectivity index (χ0v) is 14.8. The number of aromatic nitrogens is 3. The van der Waals surface area contributed by atoms with Gasteiger partial charge in [0.15, 0.2) is 5.82 Å². The van der Waals surface area contributed by atoms with Gasteiger partial charge in [-0.05, 0) is 39.8 Å². The Kier molecular flexibility index (Phi) is 6.72. The van der Waals surface area contributed by atoms with Crippen LogP contribution in [0.15, 0.2) is 0 Å². The molecule has 8 heteroatoms. The molecule has 2 rings (SSSR count). The van der Waals surface area contributed by atoms with Gasteiger partial charge in [0.1, 0.15) is 0 Å². The summed E-state index contributed by atoms with van der Waals surface area (Å²) in [5, 5.41) is 10.5. The Morgan fingerprint density at radius 3 is 2.54 bits per heavy atom. The van der Waals surface area contributed by atoms with Crippen molar-refractivity contribution in [3.63, 3.8) is 0 Å². The average Bonchev–Trinajstić information content (AvgIpc) is 2.95. The molecule has 1 fully saturated rings. The number of hydrogen-bond acceptors (Lipinski definition) is 5. The van der Waals surface area contributed by atoms with Gasteiger partial charge in [-0.2, -0.15) is 10.1 Å². The van der Waals surface area contributed by atoms with Crippen LogP contribution in [-0.4, -0.2) is 57.7 Å². The number of amides is 2. The number of aryl methyl sites for hydroxylation is 1. The van der Waals surface area contributed by atoms with Gasteiger partial charge >= 0.3 is 0 Å². The number of hydrogen-bond donors (Lipinski definition) is 2. The van der Waals surface area contributed by atoms with E-state index >= 15 is 0 Å². The predicted molar refractivity (Wildman–Crippen MR) is 91.6 cm³/mol. The average molecular weight is 336 g/mol. The van der Waals surface area contributed by atoms with Gasteiger partial charge in [0, 0.05) is 38.9 Å². The third-order valence-corrected chi connectivity index (χ3v) is 4.42. The highest BCUT2D eigenvalue weighted by Crippen LogP contribution is 2.23. The molecular weight excluding hydrogens is 308 g/mol. The number of anilines is 1. The van der Waals surface area contributed by atoms with Gasteiger partial charge in [0.05, 0.1) is 0 Å². The molecule has 0 aliphatic carbocycles.